The number of ether oxygens (including phenoxy) is 1. The van der Waals surface area contributed by atoms with Gasteiger partial charge in [-0.3, -0.25) is 4.90 Å². The summed E-state index contributed by atoms with van der Waals surface area (Å²) in [6.45, 7) is 11.6. The van der Waals surface area contributed by atoms with Gasteiger partial charge >= 0.3 is 0 Å². The van der Waals surface area contributed by atoms with Crippen LogP contribution in [0.1, 0.15) is 41.0 Å². The highest BCUT2D eigenvalue weighted by atomic mass is 16.5. The summed E-state index contributed by atoms with van der Waals surface area (Å²) in [6, 6.07) is 2.44. The Bertz CT molecular complexity index is 285. The number of methoxy groups -OCH3 is 1. The van der Waals surface area contributed by atoms with Crippen molar-refractivity contribution in [2.24, 2.45) is 5.41 Å². The van der Waals surface area contributed by atoms with E-state index in [2.05, 4.69) is 45.6 Å². The molecule has 0 bridgehead atoms. The molecule has 0 aromatic carbocycles. The lowest BCUT2D eigenvalue weighted by Crippen LogP contribution is -2.60. The van der Waals surface area contributed by atoms with Gasteiger partial charge in [-0.2, -0.15) is 5.26 Å². The van der Waals surface area contributed by atoms with Gasteiger partial charge in [-0.25, -0.2) is 0 Å². The first-order valence-corrected chi connectivity index (χ1v) is 5.91. The van der Waals surface area contributed by atoms with Gasteiger partial charge in [-0.15, -0.1) is 0 Å². The van der Waals surface area contributed by atoms with Gasteiger partial charge in [0, 0.05) is 19.2 Å². The van der Waals surface area contributed by atoms with Crippen molar-refractivity contribution in [3.63, 3.8) is 0 Å². The van der Waals surface area contributed by atoms with Crippen LogP contribution in [0.2, 0.25) is 0 Å². The zero-order chi connectivity index (χ0) is 12.6. The van der Waals surface area contributed by atoms with Crippen LogP contribution in [-0.4, -0.2) is 36.2 Å². The molecule has 0 spiro atoms. The fourth-order valence-electron chi connectivity index (χ4n) is 2.57. The Morgan fingerprint density at radius 3 is 2.31 bits per heavy atom. The van der Waals surface area contributed by atoms with Gasteiger partial charge in [0.1, 0.15) is 6.04 Å². The quantitative estimate of drug-likeness (QED) is 0.686. The SMILES string of the molecule is COC1CN(C(C)(C)C)C(C#N)C(C)(C)C1. The molecule has 1 fully saturated rings. The van der Waals surface area contributed by atoms with E-state index in [1.165, 1.54) is 0 Å². The van der Waals surface area contributed by atoms with Crippen molar-refractivity contribution < 1.29 is 4.74 Å². The number of hydrogen-bond acceptors (Lipinski definition) is 3. The minimum atomic E-state index is -0.0288. The molecule has 0 aromatic heterocycles. The number of likely N-dealkylation sites (tertiary alicyclic amines) is 1. The van der Waals surface area contributed by atoms with E-state index in [4.69, 9.17) is 4.74 Å². The van der Waals surface area contributed by atoms with Crippen LogP contribution in [0.25, 0.3) is 0 Å². The summed E-state index contributed by atoms with van der Waals surface area (Å²) in [6.07, 6.45) is 1.19. The molecule has 0 aromatic rings. The molecule has 3 heteroatoms. The average Bonchev–Trinajstić information content (AvgIpc) is 2.13. The van der Waals surface area contributed by atoms with Crippen LogP contribution in [0.3, 0.4) is 0 Å². The predicted molar refractivity (Wildman–Crippen MR) is 65.1 cm³/mol. The Morgan fingerprint density at radius 2 is 1.94 bits per heavy atom. The van der Waals surface area contributed by atoms with Crippen molar-refractivity contribution in [3.8, 4) is 6.07 Å². The molecule has 1 rings (SSSR count). The van der Waals surface area contributed by atoms with E-state index in [1.807, 2.05) is 0 Å². The van der Waals surface area contributed by atoms with E-state index in [0.29, 0.717) is 0 Å². The van der Waals surface area contributed by atoms with E-state index >= 15 is 0 Å². The molecule has 3 nitrogen and oxygen atoms in total. The van der Waals surface area contributed by atoms with Gasteiger partial charge in [0.25, 0.3) is 0 Å². The minimum absolute atomic E-state index is 0.00880. The summed E-state index contributed by atoms with van der Waals surface area (Å²) < 4.78 is 5.49. The third-order valence-corrected chi connectivity index (χ3v) is 3.52. The van der Waals surface area contributed by atoms with Crippen LogP contribution >= 0.6 is 0 Å². The molecule has 2 unspecified atom stereocenters. The second kappa shape index (κ2) is 4.35. The molecule has 1 saturated heterocycles. The Labute approximate surface area is 99.4 Å². The summed E-state index contributed by atoms with van der Waals surface area (Å²) in [5.74, 6) is 0. The number of hydrogen-bond donors (Lipinski definition) is 0. The number of nitrogens with zero attached hydrogens (tertiary/aromatic N) is 2. The Morgan fingerprint density at radius 1 is 1.38 bits per heavy atom. The van der Waals surface area contributed by atoms with Crippen molar-refractivity contribution in [2.75, 3.05) is 13.7 Å². The van der Waals surface area contributed by atoms with E-state index in [9.17, 15) is 5.26 Å². The number of rotatable bonds is 1. The highest BCUT2D eigenvalue weighted by Crippen LogP contribution is 2.39. The summed E-state index contributed by atoms with van der Waals surface area (Å²) >= 11 is 0. The van der Waals surface area contributed by atoms with E-state index in [1.54, 1.807) is 7.11 Å². The fraction of sp³-hybridized carbons (Fsp3) is 0.923. The first-order chi connectivity index (χ1) is 7.22. The van der Waals surface area contributed by atoms with Gasteiger partial charge in [-0.1, -0.05) is 13.8 Å². The molecule has 0 amide bonds. The van der Waals surface area contributed by atoms with E-state index in [0.717, 1.165) is 13.0 Å². The highest BCUT2D eigenvalue weighted by molar-refractivity contribution is 5.08. The molecule has 1 aliphatic heterocycles. The maximum atomic E-state index is 9.39. The lowest BCUT2D eigenvalue weighted by Gasteiger charge is -2.51. The molecule has 0 saturated carbocycles. The molecule has 0 N–H and O–H groups in total. The Hall–Kier alpha value is -0.590. The van der Waals surface area contributed by atoms with Crippen LogP contribution in [0.4, 0.5) is 0 Å². The smallest absolute Gasteiger partial charge is 0.104 e. The third-order valence-electron chi connectivity index (χ3n) is 3.52. The Balaban J connectivity index is 3.00. The van der Waals surface area contributed by atoms with Crippen LogP contribution in [0, 0.1) is 16.7 Å². The van der Waals surface area contributed by atoms with Gasteiger partial charge in [-0.05, 0) is 32.6 Å². The largest absolute Gasteiger partial charge is 0.380 e. The summed E-state index contributed by atoms with van der Waals surface area (Å²) in [4.78, 5) is 2.27. The summed E-state index contributed by atoms with van der Waals surface area (Å²) in [7, 11) is 1.76. The third kappa shape index (κ3) is 2.56. The standard InChI is InChI=1S/C13H24N2O/c1-12(2,3)15-9-10(16-6)7-13(4,5)11(15)8-14/h10-11H,7,9H2,1-6H3. The second-order valence-corrected chi connectivity index (χ2v) is 6.41. The molecule has 92 valence electrons. The van der Waals surface area contributed by atoms with Gasteiger partial charge in [0.05, 0.1) is 12.2 Å². The summed E-state index contributed by atoms with van der Waals surface area (Å²) in [5, 5.41) is 9.39. The van der Waals surface area contributed by atoms with Crippen LogP contribution in [0.5, 0.6) is 0 Å². The molecular formula is C13H24N2O. The molecule has 1 heterocycles. The average molecular weight is 224 g/mol. The maximum Gasteiger partial charge on any atom is 0.104 e. The zero-order valence-corrected chi connectivity index (χ0v) is 11.4. The molecular weight excluding hydrogens is 200 g/mol. The summed E-state index contributed by atoms with van der Waals surface area (Å²) in [5.41, 5.74) is -0.00414. The molecule has 2 atom stereocenters. The highest BCUT2D eigenvalue weighted by Gasteiger charge is 2.45. The van der Waals surface area contributed by atoms with E-state index in [-0.39, 0.29) is 23.1 Å². The van der Waals surface area contributed by atoms with Crippen molar-refractivity contribution in [1.29, 1.82) is 5.26 Å². The van der Waals surface area contributed by atoms with Gasteiger partial charge < -0.3 is 4.74 Å². The van der Waals surface area contributed by atoms with Crippen LogP contribution < -0.4 is 0 Å². The first-order valence-electron chi connectivity index (χ1n) is 5.91. The van der Waals surface area contributed by atoms with Crippen LogP contribution in [-0.2, 0) is 4.74 Å². The topological polar surface area (TPSA) is 36.3 Å². The molecule has 0 radical (unpaired) electrons. The normalized spacial score (nSPS) is 31.1. The van der Waals surface area contributed by atoms with Crippen molar-refractivity contribution in [2.45, 2.75) is 58.7 Å². The molecule has 1 aliphatic rings. The molecule has 0 aliphatic carbocycles. The van der Waals surface area contributed by atoms with Gasteiger partial charge in [0.2, 0.25) is 0 Å². The maximum absolute atomic E-state index is 9.39. The lowest BCUT2D eigenvalue weighted by molar-refractivity contribution is -0.0740. The number of piperidine rings is 1. The van der Waals surface area contributed by atoms with Crippen molar-refractivity contribution in [1.82, 2.24) is 4.90 Å². The van der Waals surface area contributed by atoms with Crippen molar-refractivity contribution in [3.05, 3.63) is 0 Å². The first kappa shape index (κ1) is 13.5. The monoisotopic (exact) mass is 224 g/mol. The Kier molecular flexibility index (Phi) is 3.66. The van der Waals surface area contributed by atoms with Gasteiger partial charge in [0.15, 0.2) is 0 Å². The lowest BCUT2D eigenvalue weighted by atomic mass is 9.74. The van der Waals surface area contributed by atoms with Crippen LogP contribution in [0.15, 0.2) is 0 Å². The zero-order valence-electron chi connectivity index (χ0n) is 11.4. The number of nitriles is 1. The van der Waals surface area contributed by atoms with E-state index < -0.39 is 0 Å². The fourth-order valence-corrected chi connectivity index (χ4v) is 2.57. The molecule has 16 heavy (non-hydrogen) atoms. The predicted octanol–water partition coefficient (Wildman–Crippen LogP) is 2.42. The second-order valence-electron chi connectivity index (χ2n) is 6.41. The minimum Gasteiger partial charge on any atom is -0.380 e. The van der Waals surface area contributed by atoms with Crippen molar-refractivity contribution >= 4 is 0 Å².